The van der Waals surface area contributed by atoms with Crippen molar-refractivity contribution in [1.29, 1.82) is 0 Å². The van der Waals surface area contributed by atoms with Crippen molar-refractivity contribution in [3.63, 3.8) is 0 Å². The Hall–Kier alpha value is -0.130. The Kier molecular flexibility index (Phi) is 3.09. The molecule has 1 rings (SSSR count). The van der Waals surface area contributed by atoms with Crippen LogP contribution in [0, 0.1) is 5.92 Å². The summed E-state index contributed by atoms with van der Waals surface area (Å²) in [5, 5.41) is 0. The van der Waals surface area contributed by atoms with E-state index in [9.17, 15) is 8.42 Å². The zero-order chi connectivity index (χ0) is 9.19. The molecule has 0 radical (unpaired) electrons. The topological polar surface area (TPSA) is 46.6 Å². The minimum atomic E-state index is -3.25. The minimum Gasteiger partial charge on any atom is -0.302 e. The Labute approximate surface area is 73.6 Å². The van der Waals surface area contributed by atoms with Crippen molar-refractivity contribution < 1.29 is 12.6 Å². The molecule has 4 nitrogen and oxygen atoms in total. The lowest BCUT2D eigenvalue weighted by atomic mass is 10.0. The Morgan fingerprint density at radius 2 is 2.08 bits per heavy atom. The van der Waals surface area contributed by atoms with Gasteiger partial charge in [-0.3, -0.25) is 4.18 Å². The molecule has 0 aromatic rings. The molecule has 0 aromatic carbocycles. The standard InChI is InChI=1S/C7H15NO3S/c1-7-5-8(6-7)3-4-12(9,10)11-2/h7H,3-6H2,1-2H3. The average molecular weight is 193 g/mol. The first-order valence-electron chi connectivity index (χ1n) is 4.04. The summed E-state index contributed by atoms with van der Waals surface area (Å²) in [7, 11) is -2.05. The Morgan fingerprint density at radius 3 is 2.50 bits per heavy atom. The van der Waals surface area contributed by atoms with Gasteiger partial charge in [0.15, 0.2) is 0 Å². The fourth-order valence-electron chi connectivity index (χ4n) is 1.33. The number of rotatable bonds is 4. The molecule has 0 unspecified atom stereocenters. The second kappa shape index (κ2) is 3.72. The van der Waals surface area contributed by atoms with E-state index in [0.29, 0.717) is 6.54 Å². The smallest absolute Gasteiger partial charge is 0.268 e. The highest BCUT2D eigenvalue weighted by atomic mass is 32.2. The molecule has 1 saturated heterocycles. The van der Waals surface area contributed by atoms with Crippen molar-refractivity contribution in [2.45, 2.75) is 6.92 Å². The molecule has 0 spiro atoms. The second-order valence-corrected chi connectivity index (χ2v) is 5.15. The van der Waals surface area contributed by atoms with Gasteiger partial charge in [0.25, 0.3) is 10.1 Å². The molecule has 12 heavy (non-hydrogen) atoms. The summed E-state index contributed by atoms with van der Waals surface area (Å²) in [6.45, 7) is 4.78. The molecule has 1 heterocycles. The zero-order valence-corrected chi connectivity index (χ0v) is 8.30. The Morgan fingerprint density at radius 1 is 1.50 bits per heavy atom. The van der Waals surface area contributed by atoms with Crippen LogP contribution >= 0.6 is 0 Å². The fourth-order valence-corrected chi connectivity index (χ4v) is 1.98. The summed E-state index contributed by atoms with van der Waals surface area (Å²) in [5.74, 6) is 0.825. The van der Waals surface area contributed by atoms with Crippen molar-refractivity contribution in [2.75, 3.05) is 32.5 Å². The van der Waals surface area contributed by atoms with Gasteiger partial charge in [0.2, 0.25) is 0 Å². The quantitative estimate of drug-likeness (QED) is 0.586. The third kappa shape index (κ3) is 2.73. The number of hydrogen-bond acceptors (Lipinski definition) is 4. The molecule has 72 valence electrons. The van der Waals surface area contributed by atoms with Crippen LogP contribution in [0.25, 0.3) is 0 Å². The fraction of sp³-hybridized carbons (Fsp3) is 1.00. The van der Waals surface area contributed by atoms with Gasteiger partial charge in [-0.1, -0.05) is 6.92 Å². The molecular formula is C7H15NO3S. The predicted molar refractivity (Wildman–Crippen MR) is 46.4 cm³/mol. The van der Waals surface area contributed by atoms with E-state index in [-0.39, 0.29) is 5.75 Å². The first-order chi connectivity index (χ1) is 5.53. The Bertz CT molecular complexity index is 231. The Balaban J connectivity index is 2.18. The molecular weight excluding hydrogens is 178 g/mol. The van der Waals surface area contributed by atoms with Gasteiger partial charge in [-0.15, -0.1) is 0 Å². The van der Waals surface area contributed by atoms with Crippen molar-refractivity contribution >= 4 is 10.1 Å². The molecule has 1 fully saturated rings. The van der Waals surface area contributed by atoms with E-state index in [2.05, 4.69) is 16.0 Å². The largest absolute Gasteiger partial charge is 0.302 e. The van der Waals surface area contributed by atoms with Crippen LogP contribution in [-0.2, 0) is 14.3 Å². The number of likely N-dealkylation sites (tertiary alicyclic amines) is 1. The average Bonchev–Trinajstić information content (AvgIpc) is 1.96. The molecule has 0 atom stereocenters. The maximum Gasteiger partial charge on any atom is 0.268 e. The highest BCUT2D eigenvalue weighted by molar-refractivity contribution is 7.86. The highest BCUT2D eigenvalue weighted by Gasteiger charge is 2.23. The van der Waals surface area contributed by atoms with Crippen molar-refractivity contribution in [2.24, 2.45) is 5.92 Å². The van der Waals surface area contributed by atoms with E-state index < -0.39 is 10.1 Å². The maximum absolute atomic E-state index is 10.9. The highest BCUT2D eigenvalue weighted by Crippen LogP contribution is 2.13. The molecule has 0 aliphatic carbocycles. The van der Waals surface area contributed by atoms with E-state index in [0.717, 1.165) is 19.0 Å². The maximum atomic E-state index is 10.9. The summed E-state index contributed by atoms with van der Waals surface area (Å²) in [5.41, 5.74) is 0. The molecule has 1 aliphatic rings. The van der Waals surface area contributed by atoms with Crippen LogP contribution in [-0.4, -0.2) is 45.8 Å². The third-order valence-electron chi connectivity index (χ3n) is 2.05. The summed E-state index contributed by atoms with van der Waals surface area (Å²) in [6.07, 6.45) is 0. The van der Waals surface area contributed by atoms with Gasteiger partial charge >= 0.3 is 0 Å². The van der Waals surface area contributed by atoms with Crippen LogP contribution in [0.4, 0.5) is 0 Å². The van der Waals surface area contributed by atoms with Crippen LogP contribution in [0.15, 0.2) is 0 Å². The van der Waals surface area contributed by atoms with Gasteiger partial charge in [-0.25, -0.2) is 0 Å². The van der Waals surface area contributed by atoms with Crippen LogP contribution in [0.2, 0.25) is 0 Å². The zero-order valence-electron chi connectivity index (χ0n) is 7.49. The SMILES string of the molecule is COS(=O)(=O)CCN1CC(C)C1. The van der Waals surface area contributed by atoms with Crippen molar-refractivity contribution in [1.82, 2.24) is 4.90 Å². The number of nitrogens with zero attached hydrogens (tertiary/aromatic N) is 1. The predicted octanol–water partition coefficient (Wildman–Crippen LogP) is -0.0857. The van der Waals surface area contributed by atoms with Crippen molar-refractivity contribution in [3.05, 3.63) is 0 Å². The summed E-state index contributed by atoms with van der Waals surface area (Å²) in [6, 6.07) is 0. The molecule has 0 saturated carbocycles. The normalized spacial score (nSPS) is 20.8. The summed E-state index contributed by atoms with van der Waals surface area (Å²) >= 11 is 0. The van der Waals surface area contributed by atoms with Crippen LogP contribution < -0.4 is 0 Å². The minimum absolute atomic E-state index is 0.107. The van der Waals surface area contributed by atoms with Crippen LogP contribution in [0.5, 0.6) is 0 Å². The molecule has 0 aromatic heterocycles. The van der Waals surface area contributed by atoms with Crippen LogP contribution in [0.1, 0.15) is 6.92 Å². The first kappa shape index (κ1) is 9.95. The first-order valence-corrected chi connectivity index (χ1v) is 5.62. The van der Waals surface area contributed by atoms with E-state index >= 15 is 0 Å². The van der Waals surface area contributed by atoms with Gasteiger partial charge in [0, 0.05) is 19.6 Å². The summed E-state index contributed by atoms with van der Waals surface area (Å²) < 4.78 is 26.1. The van der Waals surface area contributed by atoms with E-state index in [1.54, 1.807) is 0 Å². The van der Waals surface area contributed by atoms with Crippen molar-refractivity contribution in [3.8, 4) is 0 Å². The van der Waals surface area contributed by atoms with Gasteiger partial charge in [-0.05, 0) is 5.92 Å². The molecule has 0 amide bonds. The lowest BCUT2D eigenvalue weighted by molar-refractivity contribution is 0.121. The van der Waals surface area contributed by atoms with Gasteiger partial charge in [0.1, 0.15) is 0 Å². The monoisotopic (exact) mass is 193 g/mol. The molecule has 1 aliphatic heterocycles. The van der Waals surface area contributed by atoms with Gasteiger partial charge in [0.05, 0.1) is 12.9 Å². The molecule has 0 bridgehead atoms. The van der Waals surface area contributed by atoms with Crippen LogP contribution in [0.3, 0.4) is 0 Å². The molecule has 0 N–H and O–H groups in total. The molecule has 5 heteroatoms. The van der Waals surface area contributed by atoms with E-state index in [1.165, 1.54) is 7.11 Å². The van der Waals surface area contributed by atoms with Gasteiger partial charge < -0.3 is 4.90 Å². The third-order valence-corrected chi connectivity index (χ3v) is 3.24. The second-order valence-electron chi connectivity index (χ2n) is 3.29. The summed E-state index contributed by atoms with van der Waals surface area (Å²) in [4.78, 5) is 2.11. The number of hydrogen-bond donors (Lipinski definition) is 0. The lowest BCUT2D eigenvalue weighted by Gasteiger charge is -2.36. The lowest BCUT2D eigenvalue weighted by Crippen LogP contribution is -2.46. The van der Waals surface area contributed by atoms with E-state index in [1.807, 2.05) is 0 Å². The van der Waals surface area contributed by atoms with Gasteiger partial charge in [-0.2, -0.15) is 8.42 Å². The van der Waals surface area contributed by atoms with E-state index in [4.69, 9.17) is 0 Å².